The highest BCUT2D eigenvalue weighted by molar-refractivity contribution is 7.80. The Hall–Kier alpha value is -3.65. The monoisotopic (exact) mass is 510 g/mol. The van der Waals surface area contributed by atoms with Crippen LogP contribution in [0.4, 0.5) is 0 Å². The van der Waals surface area contributed by atoms with E-state index in [1.807, 2.05) is 0 Å². The highest BCUT2D eigenvalue weighted by atomic mass is 32.1. The van der Waals surface area contributed by atoms with Gasteiger partial charge in [-0.2, -0.15) is 12.6 Å². The minimum atomic E-state index is -1.34. The number of carbonyl (C=O) groups excluding carboxylic acids is 5. The summed E-state index contributed by atoms with van der Waals surface area (Å²) in [6, 6.07) is 3.38. The number of primary amides is 2. The van der Waals surface area contributed by atoms with Crippen molar-refractivity contribution < 1.29 is 33.9 Å². The third kappa shape index (κ3) is 10.9. The summed E-state index contributed by atoms with van der Waals surface area (Å²) in [7, 11) is 0. The molecule has 13 nitrogen and oxygen atoms in total. The van der Waals surface area contributed by atoms with Gasteiger partial charge in [-0.3, -0.25) is 24.0 Å². The number of benzene rings is 1. The second kappa shape index (κ2) is 14.6. The largest absolute Gasteiger partial charge is 0.480 e. The van der Waals surface area contributed by atoms with Gasteiger partial charge in [0.15, 0.2) is 0 Å². The second-order valence-electron chi connectivity index (χ2n) is 7.68. The molecule has 192 valence electrons. The number of carbonyl (C=O) groups is 6. The molecule has 0 saturated heterocycles. The van der Waals surface area contributed by atoms with Crippen molar-refractivity contribution in [1.82, 2.24) is 16.0 Å². The van der Waals surface area contributed by atoms with Crippen molar-refractivity contribution in [1.29, 1.82) is 0 Å². The van der Waals surface area contributed by atoms with Crippen LogP contribution in [0.15, 0.2) is 30.3 Å². The number of carboxylic acids is 1. The van der Waals surface area contributed by atoms with Crippen LogP contribution in [0.3, 0.4) is 0 Å². The minimum Gasteiger partial charge on any atom is -0.480 e. The van der Waals surface area contributed by atoms with Gasteiger partial charge in [-0.25, -0.2) is 4.79 Å². The number of nitrogens with one attached hydrogen (secondary N) is 3. The molecule has 1 aromatic rings. The molecule has 5 amide bonds. The molecule has 0 aliphatic rings. The fraction of sp³-hybridized carbons (Fsp3) is 0.429. The van der Waals surface area contributed by atoms with E-state index in [1.165, 1.54) is 0 Å². The van der Waals surface area contributed by atoms with Crippen molar-refractivity contribution in [3.8, 4) is 0 Å². The predicted molar refractivity (Wildman–Crippen MR) is 128 cm³/mol. The predicted octanol–water partition coefficient (Wildman–Crippen LogP) is -2.83. The molecule has 0 spiro atoms. The van der Waals surface area contributed by atoms with Crippen LogP contribution in [-0.4, -0.2) is 70.5 Å². The van der Waals surface area contributed by atoms with Crippen LogP contribution in [0, 0.1) is 0 Å². The average molecular weight is 511 g/mol. The first-order valence-electron chi connectivity index (χ1n) is 10.6. The summed E-state index contributed by atoms with van der Waals surface area (Å²) >= 11 is 3.91. The van der Waals surface area contributed by atoms with Crippen LogP contribution in [-0.2, 0) is 35.2 Å². The molecule has 14 heteroatoms. The Bertz CT molecular complexity index is 930. The summed E-state index contributed by atoms with van der Waals surface area (Å²) in [5, 5.41) is 16.3. The summed E-state index contributed by atoms with van der Waals surface area (Å²) in [6.07, 6.45) is -0.978. The molecule has 1 rings (SSSR count). The van der Waals surface area contributed by atoms with Gasteiger partial charge >= 0.3 is 5.97 Å². The van der Waals surface area contributed by atoms with E-state index in [4.69, 9.17) is 17.2 Å². The summed E-state index contributed by atoms with van der Waals surface area (Å²) in [6.45, 7) is 0. The molecule has 0 saturated carbocycles. The van der Waals surface area contributed by atoms with Crippen molar-refractivity contribution in [3.63, 3.8) is 0 Å². The van der Waals surface area contributed by atoms with E-state index >= 15 is 0 Å². The molecule has 1 aromatic carbocycles. The van der Waals surface area contributed by atoms with Crippen LogP contribution >= 0.6 is 12.6 Å². The number of carboxylic acid groups (broad SMARTS) is 1. The first kappa shape index (κ1) is 29.4. The Morgan fingerprint density at radius 3 is 1.89 bits per heavy atom. The molecule has 0 radical (unpaired) electrons. The zero-order valence-electron chi connectivity index (χ0n) is 18.8. The summed E-state index contributed by atoms with van der Waals surface area (Å²) < 4.78 is 0. The van der Waals surface area contributed by atoms with Crippen LogP contribution in [0.1, 0.15) is 24.8 Å². The van der Waals surface area contributed by atoms with E-state index in [0.717, 1.165) is 0 Å². The molecule has 4 atom stereocenters. The lowest BCUT2D eigenvalue weighted by Gasteiger charge is -2.25. The smallest absolute Gasteiger partial charge is 0.327 e. The third-order valence-electron chi connectivity index (χ3n) is 4.78. The molecular formula is C21H30N6O7S. The molecule has 0 aliphatic carbocycles. The number of thiol groups is 1. The van der Waals surface area contributed by atoms with Gasteiger partial charge in [-0.1, -0.05) is 30.3 Å². The van der Waals surface area contributed by atoms with Gasteiger partial charge in [0.05, 0.1) is 12.5 Å². The van der Waals surface area contributed by atoms with E-state index in [9.17, 15) is 33.9 Å². The van der Waals surface area contributed by atoms with Crippen LogP contribution in [0.5, 0.6) is 0 Å². The molecular weight excluding hydrogens is 480 g/mol. The Morgan fingerprint density at radius 2 is 1.37 bits per heavy atom. The number of hydrogen-bond donors (Lipinski definition) is 8. The number of rotatable bonds is 15. The topological polar surface area (TPSA) is 237 Å². The van der Waals surface area contributed by atoms with Gasteiger partial charge in [0.25, 0.3) is 0 Å². The second-order valence-corrected chi connectivity index (χ2v) is 8.04. The van der Waals surface area contributed by atoms with E-state index in [2.05, 4.69) is 28.6 Å². The van der Waals surface area contributed by atoms with Gasteiger partial charge in [0.1, 0.15) is 18.1 Å². The number of hydrogen-bond acceptors (Lipinski definition) is 8. The number of nitrogens with two attached hydrogens (primary N) is 3. The van der Waals surface area contributed by atoms with Crippen molar-refractivity contribution in [2.75, 3.05) is 5.75 Å². The van der Waals surface area contributed by atoms with Gasteiger partial charge in [0, 0.05) is 18.6 Å². The van der Waals surface area contributed by atoms with Gasteiger partial charge in [0.2, 0.25) is 29.5 Å². The highest BCUT2D eigenvalue weighted by Crippen LogP contribution is 2.07. The average Bonchev–Trinajstić information content (AvgIpc) is 2.79. The maximum Gasteiger partial charge on any atom is 0.327 e. The Balaban J connectivity index is 3.10. The Labute approximate surface area is 206 Å². The Kier molecular flexibility index (Phi) is 12.2. The quantitative estimate of drug-likeness (QED) is 0.114. The number of amides is 5. The van der Waals surface area contributed by atoms with E-state index in [0.29, 0.717) is 5.56 Å². The lowest BCUT2D eigenvalue weighted by atomic mass is 10.0. The van der Waals surface area contributed by atoms with E-state index in [-0.39, 0.29) is 25.0 Å². The molecule has 4 unspecified atom stereocenters. The standard InChI is InChI=1S/C21H30N6O7S/c22-12(9-17(24)29)18(30)25-13(6-7-16(23)28)19(31)26-14(8-11-4-2-1-3-5-11)20(32)27-15(10-35)21(33)34/h1-5,12-15,35H,6-10,22H2,(H2,23,28)(H2,24,29)(H,25,30)(H,26,31)(H,27,32)(H,33,34). The van der Waals surface area contributed by atoms with Crippen LogP contribution in [0.25, 0.3) is 0 Å². The third-order valence-corrected chi connectivity index (χ3v) is 5.15. The van der Waals surface area contributed by atoms with Gasteiger partial charge < -0.3 is 38.3 Å². The summed E-state index contributed by atoms with van der Waals surface area (Å²) in [4.78, 5) is 71.7. The van der Waals surface area contributed by atoms with E-state index < -0.39 is 66.1 Å². The van der Waals surface area contributed by atoms with Crippen molar-refractivity contribution in [3.05, 3.63) is 35.9 Å². The Morgan fingerprint density at radius 1 is 0.829 bits per heavy atom. The fourth-order valence-electron chi connectivity index (χ4n) is 2.93. The maximum atomic E-state index is 13.0. The first-order valence-corrected chi connectivity index (χ1v) is 11.2. The number of aliphatic carboxylic acids is 1. The molecule has 0 aliphatic heterocycles. The van der Waals surface area contributed by atoms with Crippen molar-refractivity contribution >= 4 is 48.1 Å². The van der Waals surface area contributed by atoms with Gasteiger partial charge in [-0.05, 0) is 12.0 Å². The lowest BCUT2D eigenvalue weighted by molar-refractivity contribution is -0.141. The van der Waals surface area contributed by atoms with Crippen molar-refractivity contribution in [2.45, 2.75) is 49.9 Å². The van der Waals surface area contributed by atoms with Crippen LogP contribution < -0.4 is 33.2 Å². The first-order chi connectivity index (χ1) is 16.4. The zero-order chi connectivity index (χ0) is 26.5. The highest BCUT2D eigenvalue weighted by Gasteiger charge is 2.30. The molecule has 10 N–H and O–H groups in total. The van der Waals surface area contributed by atoms with Gasteiger partial charge in [-0.15, -0.1) is 0 Å². The maximum absolute atomic E-state index is 13.0. The lowest BCUT2D eigenvalue weighted by Crippen LogP contribution is -2.58. The molecule has 0 heterocycles. The molecule has 0 fully saturated rings. The normalized spacial score (nSPS) is 14.0. The molecule has 0 aromatic heterocycles. The molecule has 35 heavy (non-hydrogen) atoms. The zero-order valence-corrected chi connectivity index (χ0v) is 19.7. The minimum absolute atomic E-state index is 0.00496. The SMILES string of the molecule is NC(=O)CCC(NC(=O)C(N)CC(N)=O)C(=O)NC(Cc1ccccc1)C(=O)NC(CS)C(=O)O. The summed E-state index contributed by atoms with van der Waals surface area (Å²) in [5.41, 5.74) is 16.5. The fourth-order valence-corrected chi connectivity index (χ4v) is 3.18. The molecule has 0 bridgehead atoms. The van der Waals surface area contributed by atoms with E-state index in [1.54, 1.807) is 30.3 Å². The summed E-state index contributed by atoms with van der Waals surface area (Å²) in [5.74, 6) is -5.60. The van der Waals surface area contributed by atoms with Crippen molar-refractivity contribution in [2.24, 2.45) is 17.2 Å². The van der Waals surface area contributed by atoms with Crippen LogP contribution in [0.2, 0.25) is 0 Å².